The van der Waals surface area contributed by atoms with Crippen LogP contribution in [0.5, 0.6) is 5.75 Å². The van der Waals surface area contributed by atoms with Crippen molar-refractivity contribution in [2.24, 2.45) is 0 Å². The minimum Gasteiger partial charge on any atom is -0.497 e. The molecular weight excluding hydrogens is 282 g/mol. The van der Waals surface area contributed by atoms with Gasteiger partial charge in [-0.05, 0) is 43.3 Å². The minimum atomic E-state index is -0.567. The average molecular weight is 305 g/mol. The highest BCUT2D eigenvalue weighted by Crippen LogP contribution is 2.22. The van der Waals surface area contributed by atoms with E-state index >= 15 is 0 Å². The molecule has 0 spiro atoms. The third-order valence-corrected chi connectivity index (χ3v) is 3.37. The molecule has 2 rings (SSSR count). The summed E-state index contributed by atoms with van der Waals surface area (Å²) in [6, 6.07) is 11.6. The standard InChI is InChI=1S/C17H23NO4/c1-13-4-7-17(22-13)11-18(10-15(19)12-20-2)14-5-8-16(21-3)9-6-14/h4-9,15,19H,10-12H2,1-3H3. The molecule has 5 heteroatoms. The van der Waals surface area contributed by atoms with Crippen LogP contribution in [0.2, 0.25) is 0 Å². The zero-order chi connectivity index (χ0) is 15.9. The summed E-state index contributed by atoms with van der Waals surface area (Å²) in [6.07, 6.45) is -0.567. The summed E-state index contributed by atoms with van der Waals surface area (Å²) in [4.78, 5) is 2.06. The average Bonchev–Trinajstić information content (AvgIpc) is 2.92. The van der Waals surface area contributed by atoms with Crippen molar-refractivity contribution < 1.29 is 19.0 Å². The number of anilines is 1. The summed E-state index contributed by atoms with van der Waals surface area (Å²) in [5.74, 6) is 2.54. The second kappa shape index (κ2) is 7.87. The summed E-state index contributed by atoms with van der Waals surface area (Å²) in [5, 5.41) is 10.0. The molecule has 1 N–H and O–H groups in total. The molecule has 1 aromatic heterocycles. The Hall–Kier alpha value is -1.98. The Morgan fingerprint density at radius 2 is 1.86 bits per heavy atom. The molecular formula is C17H23NO4. The first-order valence-corrected chi connectivity index (χ1v) is 7.23. The van der Waals surface area contributed by atoms with Crippen LogP contribution in [0, 0.1) is 6.92 Å². The van der Waals surface area contributed by atoms with Crippen LogP contribution in [-0.4, -0.2) is 38.6 Å². The van der Waals surface area contributed by atoms with Crippen molar-refractivity contribution in [3.63, 3.8) is 0 Å². The van der Waals surface area contributed by atoms with Crippen LogP contribution in [0.15, 0.2) is 40.8 Å². The lowest BCUT2D eigenvalue weighted by molar-refractivity contribution is 0.0684. The van der Waals surface area contributed by atoms with Crippen LogP contribution < -0.4 is 9.64 Å². The number of furan rings is 1. The number of methoxy groups -OCH3 is 2. The van der Waals surface area contributed by atoms with E-state index in [1.165, 1.54) is 0 Å². The molecule has 2 aromatic rings. The van der Waals surface area contributed by atoms with Gasteiger partial charge in [-0.2, -0.15) is 0 Å². The number of ether oxygens (including phenoxy) is 2. The van der Waals surface area contributed by atoms with Gasteiger partial charge >= 0.3 is 0 Å². The van der Waals surface area contributed by atoms with Crippen LogP contribution >= 0.6 is 0 Å². The zero-order valence-corrected chi connectivity index (χ0v) is 13.3. The zero-order valence-electron chi connectivity index (χ0n) is 13.3. The van der Waals surface area contributed by atoms with E-state index in [0.29, 0.717) is 19.7 Å². The summed E-state index contributed by atoms with van der Waals surface area (Å²) in [7, 11) is 3.22. The molecule has 1 aromatic carbocycles. The van der Waals surface area contributed by atoms with Crippen LogP contribution in [0.25, 0.3) is 0 Å². The Kier molecular flexibility index (Phi) is 5.86. The largest absolute Gasteiger partial charge is 0.497 e. The van der Waals surface area contributed by atoms with Crippen molar-refractivity contribution >= 4 is 5.69 Å². The maximum atomic E-state index is 10.0. The van der Waals surface area contributed by atoms with Crippen LogP contribution in [0.3, 0.4) is 0 Å². The molecule has 0 aliphatic heterocycles. The molecule has 0 bridgehead atoms. The highest BCUT2D eigenvalue weighted by Gasteiger charge is 2.15. The molecule has 120 valence electrons. The molecule has 0 saturated carbocycles. The first-order valence-electron chi connectivity index (χ1n) is 7.23. The van der Waals surface area contributed by atoms with Crippen molar-refractivity contribution in [1.29, 1.82) is 0 Å². The normalized spacial score (nSPS) is 12.2. The predicted molar refractivity (Wildman–Crippen MR) is 85.4 cm³/mol. The van der Waals surface area contributed by atoms with E-state index in [9.17, 15) is 5.11 Å². The van der Waals surface area contributed by atoms with Gasteiger partial charge in [0.1, 0.15) is 17.3 Å². The second-order valence-corrected chi connectivity index (χ2v) is 5.20. The van der Waals surface area contributed by atoms with Crippen molar-refractivity contribution in [2.45, 2.75) is 19.6 Å². The highest BCUT2D eigenvalue weighted by atomic mass is 16.5. The van der Waals surface area contributed by atoms with E-state index < -0.39 is 6.10 Å². The molecule has 0 aliphatic rings. The second-order valence-electron chi connectivity index (χ2n) is 5.20. The Labute approximate surface area is 131 Å². The Morgan fingerprint density at radius 1 is 1.14 bits per heavy atom. The number of nitrogens with zero attached hydrogens (tertiary/aromatic N) is 1. The maximum Gasteiger partial charge on any atom is 0.123 e. The molecule has 1 heterocycles. The molecule has 1 unspecified atom stereocenters. The summed E-state index contributed by atoms with van der Waals surface area (Å²) in [6.45, 7) is 3.26. The Morgan fingerprint density at radius 3 is 2.41 bits per heavy atom. The molecule has 0 amide bonds. The predicted octanol–water partition coefficient (Wildman–Crippen LogP) is 2.61. The molecule has 0 aliphatic carbocycles. The summed E-state index contributed by atoms with van der Waals surface area (Å²) in [5.41, 5.74) is 0.991. The Balaban J connectivity index is 2.15. The van der Waals surface area contributed by atoms with E-state index in [1.807, 2.05) is 43.3 Å². The van der Waals surface area contributed by atoms with Gasteiger partial charge in [0.25, 0.3) is 0 Å². The number of aliphatic hydroxyl groups excluding tert-OH is 1. The maximum absolute atomic E-state index is 10.0. The topological polar surface area (TPSA) is 55.1 Å². The fraction of sp³-hybridized carbons (Fsp3) is 0.412. The lowest BCUT2D eigenvalue weighted by atomic mass is 10.2. The third-order valence-electron chi connectivity index (χ3n) is 3.37. The van der Waals surface area contributed by atoms with Gasteiger partial charge in [-0.25, -0.2) is 0 Å². The van der Waals surface area contributed by atoms with Gasteiger partial charge in [0, 0.05) is 19.3 Å². The third kappa shape index (κ3) is 4.51. The first kappa shape index (κ1) is 16.4. The molecule has 1 atom stereocenters. The smallest absolute Gasteiger partial charge is 0.123 e. The van der Waals surface area contributed by atoms with Gasteiger partial charge in [0.05, 0.1) is 26.4 Å². The summed E-state index contributed by atoms with van der Waals surface area (Å²) < 4.78 is 15.8. The van der Waals surface area contributed by atoms with Crippen LogP contribution in [-0.2, 0) is 11.3 Å². The van der Waals surface area contributed by atoms with Crippen molar-refractivity contribution in [1.82, 2.24) is 0 Å². The number of aliphatic hydroxyl groups is 1. The van der Waals surface area contributed by atoms with Crippen molar-refractivity contribution in [3.05, 3.63) is 47.9 Å². The lowest BCUT2D eigenvalue weighted by Gasteiger charge is -2.26. The van der Waals surface area contributed by atoms with Gasteiger partial charge in [0.2, 0.25) is 0 Å². The van der Waals surface area contributed by atoms with Gasteiger partial charge < -0.3 is 23.9 Å². The van der Waals surface area contributed by atoms with Crippen molar-refractivity contribution in [3.8, 4) is 5.75 Å². The molecule has 22 heavy (non-hydrogen) atoms. The van der Waals surface area contributed by atoms with Crippen LogP contribution in [0.4, 0.5) is 5.69 Å². The molecule has 0 saturated heterocycles. The molecule has 5 nitrogen and oxygen atoms in total. The minimum absolute atomic E-state index is 0.295. The number of aryl methyl sites for hydroxylation is 1. The van der Waals surface area contributed by atoms with Gasteiger partial charge in [-0.15, -0.1) is 0 Å². The summed E-state index contributed by atoms with van der Waals surface area (Å²) >= 11 is 0. The van der Waals surface area contributed by atoms with E-state index in [0.717, 1.165) is 23.0 Å². The van der Waals surface area contributed by atoms with E-state index in [1.54, 1.807) is 14.2 Å². The highest BCUT2D eigenvalue weighted by molar-refractivity contribution is 5.49. The number of hydrogen-bond donors (Lipinski definition) is 1. The van der Waals surface area contributed by atoms with E-state index in [-0.39, 0.29) is 0 Å². The quantitative estimate of drug-likeness (QED) is 0.812. The van der Waals surface area contributed by atoms with Crippen LogP contribution in [0.1, 0.15) is 11.5 Å². The van der Waals surface area contributed by atoms with Gasteiger partial charge in [-0.3, -0.25) is 0 Å². The van der Waals surface area contributed by atoms with E-state index in [4.69, 9.17) is 13.9 Å². The monoisotopic (exact) mass is 305 g/mol. The number of benzene rings is 1. The fourth-order valence-electron chi connectivity index (χ4n) is 2.31. The Bertz CT molecular complexity index is 564. The van der Waals surface area contributed by atoms with E-state index in [2.05, 4.69) is 4.90 Å². The SMILES string of the molecule is COCC(O)CN(Cc1ccc(C)o1)c1ccc(OC)cc1. The van der Waals surface area contributed by atoms with Gasteiger partial charge in [-0.1, -0.05) is 0 Å². The fourth-order valence-corrected chi connectivity index (χ4v) is 2.31. The van der Waals surface area contributed by atoms with Gasteiger partial charge in [0.15, 0.2) is 0 Å². The van der Waals surface area contributed by atoms with Crippen molar-refractivity contribution in [2.75, 3.05) is 32.3 Å². The first-order chi connectivity index (χ1) is 10.6. The lowest BCUT2D eigenvalue weighted by Crippen LogP contribution is -2.34. The molecule has 0 radical (unpaired) electrons. The number of hydrogen-bond acceptors (Lipinski definition) is 5. The number of rotatable bonds is 8. The molecule has 0 fully saturated rings.